The van der Waals surface area contributed by atoms with E-state index in [1.807, 2.05) is 0 Å². The molecule has 1 rings (SSSR count). The van der Waals surface area contributed by atoms with Crippen LogP contribution in [0.3, 0.4) is 0 Å². The Labute approximate surface area is 157 Å². The van der Waals surface area contributed by atoms with Gasteiger partial charge in [-0.1, -0.05) is 59.6 Å². The number of nitrogens with zero attached hydrogens (tertiary/aromatic N) is 1. The highest BCUT2D eigenvalue weighted by Gasteiger charge is 2.07. The molecular weight excluding hydrogens is 408 g/mol. The van der Waals surface area contributed by atoms with Crippen LogP contribution in [0.2, 0.25) is 10.0 Å². The van der Waals surface area contributed by atoms with E-state index in [1.54, 1.807) is 18.2 Å². The molecule has 0 aliphatic heterocycles. The standard InChI is InChI=1S/C13H11Cl4NO2S2/c1-8(14)6-19-13(20-7-9(2)15)18-22-21-12-4-3-10(16)5-11(12)17/h3-5H,1-2,6-7H2. The largest absolute Gasteiger partial charge is 0.444 e. The van der Waals surface area contributed by atoms with Crippen molar-refractivity contribution >= 4 is 74.3 Å². The molecule has 0 bridgehead atoms. The molecule has 0 heterocycles. The minimum Gasteiger partial charge on any atom is -0.444 e. The third-order valence-electron chi connectivity index (χ3n) is 1.84. The maximum atomic E-state index is 6.06. The quantitative estimate of drug-likeness (QED) is 0.217. The van der Waals surface area contributed by atoms with Crippen molar-refractivity contribution in [1.29, 1.82) is 0 Å². The second kappa shape index (κ2) is 10.6. The molecule has 9 heteroatoms. The van der Waals surface area contributed by atoms with Crippen molar-refractivity contribution in [3.8, 4) is 0 Å². The predicted octanol–water partition coefficient (Wildman–Crippen LogP) is 6.54. The molecule has 1 aromatic rings. The third-order valence-corrected chi connectivity index (χ3v) is 4.53. The maximum absolute atomic E-state index is 6.06. The van der Waals surface area contributed by atoms with Gasteiger partial charge in [0.1, 0.15) is 13.2 Å². The summed E-state index contributed by atoms with van der Waals surface area (Å²) >= 11 is 23.2. The zero-order valence-electron chi connectivity index (χ0n) is 11.2. The highest BCUT2D eigenvalue weighted by molar-refractivity contribution is 8.76. The van der Waals surface area contributed by atoms with Crippen LogP contribution in [-0.2, 0) is 9.47 Å². The van der Waals surface area contributed by atoms with E-state index >= 15 is 0 Å². The first-order chi connectivity index (χ1) is 10.4. The molecule has 22 heavy (non-hydrogen) atoms. The van der Waals surface area contributed by atoms with Gasteiger partial charge in [0, 0.05) is 20.0 Å². The molecule has 0 radical (unpaired) electrons. The Bertz CT molecular complexity index is 561. The fourth-order valence-electron chi connectivity index (χ4n) is 1.01. The first-order valence-electron chi connectivity index (χ1n) is 5.67. The van der Waals surface area contributed by atoms with Crippen LogP contribution in [0.4, 0.5) is 0 Å². The Hall–Kier alpha value is -0.170. The first kappa shape index (κ1) is 19.9. The van der Waals surface area contributed by atoms with Gasteiger partial charge in [0.05, 0.1) is 16.0 Å². The van der Waals surface area contributed by atoms with Gasteiger partial charge in [-0.25, -0.2) is 0 Å². The zero-order chi connectivity index (χ0) is 16.5. The highest BCUT2D eigenvalue weighted by atomic mass is 35.5. The lowest BCUT2D eigenvalue weighted by Gasteiger charge is -2.09. The average molecular weight is 419 g/mol. The van der Waals surface area contributed by atoms with Crippen LogP contribution in [-0.4, -0.2) is 19.3 Å². The van der Waals surface area contributed by atoms with Crippen molar-refractivity contribution in [2.75, 3.05) is 13.2 Å². The lowest BCUT2D eigenvalue weighted by atomic mass is 10.4. The summed E-state index contributed by atoms with van der Waals surface area (Å²) in [5, 5.41) is 1.74. The number of halogens is 4. The van der Waals surface area contributed by atoms with Gasteiger partial charge in [0.25, 0.3) is 0 Å². The van der Waals surface area contributed by atoms with Crippen LogP contribution in [0.1, 0.15) is 0 Å². The monoisotopic (exact) mass is 417 g/mol. The van der Waals surface area contributed by atoms with Crippen molar-refractivity contribution in [3.63, 3.8) is 0 Å². The molecule has 0 saturated carbocycles. The van der Waals surface area contributed by atoms with Gasteiger partial charge >= 0.3 is 6.08 Å². The Morgan fingerprint density at radius 3 is 2.18 bits per heavy atom. The second-order valence-electron chi connectivity index (χ2n) is 3.70. The molecule has 0 spiro atoms. The summed E-state index contributed by atoms with van der Waals surface area (Å²) in [5.41, 5.74) is 0. The number of hydrogen-bond donors (Lipinski definition) is 0. The van der Waals surface area contributed by atoms with E-state index in [9.17, 15) is 0 Å². The molecule has 0 fully saturated rings. The molecule has 120 valence electrons. The van der Waals surface area contributed by atoms with E-state index in [0.29, 0.717) is 20.1 Å². The van der Waals surface area contributed by atoms with Gasteiger partial charge in [-0.05, 0) is 29.0 Å². The van der Waals surface area contributed by atoms with E-state index in [4.69, 9.17) is 55.9 Å². The van der Waals surface area contributed by atoms with E-state index < -0.39 is 0 Å². The van der Waals surface area contributed by atoms with Crippen molar-refractivity contribution in [2.45, 2.75) is 4.90 Å². The van der Waals surface area contributed by atoms with Crippen LogP contribution < -0.4 is 0 Å². The number of benzene rings is 1. The van der Waals surface area contributed by atoms with Crippen molar-refractivity contribution < 1.29 is 9.47 Å². The van der Waals surface area contributed by atoms with Gasteiger partial charge in [-0.2, -0.15) is 0 Å². The molecule has 3 nitrogen and oxygen atoms in total. The molecule has 0 N–H and O–H groups in total. The molecule has 0 aromatic heterocycles. The molecular formula is C13H11Cl4NO2S2. The highest BCUT2D eigenvalue weighted by Crippen LogP contribution is 2.37. The summed E-state index contributed by atoms with van der Waals surface area (Å²) in [6.07, 6.45) is 0.0196. The van der Waals surface area contributed by atoms with Crippen LogP contribution in [0.5, 0.6) is 0 Å². The molecule has 1 aromatic carbocycles. The lowest BCUT2D eigenvalue weighted by Crippen LogP contribution is -2.11. The summed E-state index contributed by atoms with van der Waals surface area (Å²) < 4.78 is 14.6. The Balaban J connectivity index is 2.62. The van der Waals surface area contributed by atoms with E-state index in [0.717, 1.165) is 15.9 Å². The minimum absolute atomic E-state index is 0.0196. The maximum Gasteiger partial charge on any atom is 0.396 e. The molecule has 0 amide bonds. The predicted molar refractivity (Wildman–Crippen MR) is 99.2 cm³/mol. The van der Waals surface area contributed by atoms with Gasteiger partial charge < -0.3 is 9.47 Å². The van der Waals surface area contributed by atoms with Gasteiger partial charge in [-0.3, -0.25) is 0 Å². The normalized spacial score (nSPS) is 10.0. The zero-order valence-corrected chi connectivity index (χ0v) is 15.8. The fraction of sp³-hybridized carbons (Fsp3) is 0.154. The van der Waals surface area contributed by atoms with E-state index in [-0.39, 0.29) is 19.3 Å². The van der Waals surface area contributed by atoms with Crippen LogP contribution in [0.15, 0.2) is 50.7 Å². The number of hydrogen-bond acceptors (Lipinski definition) is 5. The van der Waals surface area contributed by atoms with Crippen molar-refractivity contribution in [2.24, 2.45) is 4.40 Å². The molecule has 0 saturated heterocycles. The number of ether oxygens (including phenoxy) is 2. The minimum atomic E-state index is 0.0196. The summed E-state index contributed by atoms with van der Waals surface area (Å²) in [5.74, 6) is 0. The Kier molecular flexibility index (Phi) is 9.55. The summed E-state index contributed by atoms with van der Waals surface area (Å²) in [7, 11) is 2.44. The molecule has 0 unspecified atom stereocenters. The van der Waals surface area contributed by atoms with Gasteiger partial charge in [0.15, 0.2) is 0 Å². The van der Waals surface area contributed by atoms with E-state index in [1.165, 1.54) is 10.8 Å². The summed E-state index contributed by atoms with van der Waals surface area (Å²) in [6.45, 7) is 7.17. The van der Waals surface area contributed by atoms with Crippen LogP contribution >= 0.6 is 68.2 Å². The SMILES string of the molecule is C=C(Cl)COC(=NSSc1ccc(Cl)cc1Cl)OCC(=C)Cl. The van der Waals surface area contributed by atoms with Crippen LogP contribution in [0.25, 0.3) is 0 Å². The van der Waals surface area contributed by atoms with E-state index in [2.05, 4.69) is 17.6 Å². The van der Waals surface area contributed by atoms with Gasteiger partial charge in [-0.15, -0.1) is 4.40 Å². The first-order valence-corrected chi connectivity index (χ1v) is 9.29. The molecule has 0 atom stereocenters. The Morgan fingerprint density at radius 1 is 1.09 bits per heavy atom. The topological polar surface area (TPSA) is 30.8 Å². The van der Waals surface area contributed by atoms with Crippen LogP contribution in [0, 0.1) is 0 Å². The second-order valence-corrected chi connectivity index (χ2v) is 7.50. The fourth-order valence-corrected chi connectivity index (χ4v) is 3.29. The lowest BCUT2D eigenvalue weighted by molar-refractivity contribution is 0.198. The molecule has 0 aliphatic carbocycles. The van der Waals surface area contributed by atoms with Gasteiger partial charge in [0.2, 0.25) is 0 Å². The Morgan fingerprint density at radius 2 is 1.68 bits per heavy atom. The third kappa shape index (κ3) is 8.46. The number of rotatable bonds is 7. The summed E-state index contributed by atoms with van der Waals surface area (Å²) in [6, 6.07) is 5.18. The molecule has 0 aliphatic rings. The summed E-state index contributed by atoms with van der Waals surface area (Å²) in [4.78, 5) is 0.808. The smallest absolute Gasteiger partial charge is 0.396 e. The average Bonchev–Trinajstić information content (AvgIpc) is 2.43. The van der Waals surface area contributed by atoms with Crippen molar-refractivity contribution in [1.82, 2.24) is 0 Å². The van der Waals surface area contributed by atoms with Crippen molar-refractivity contribution in [3.05, 3.63) is 51.5 Å².